The van der Waals surface area contributed by atoms with Crippen LogP contribution in [-0.2, 0) is 22.1 Å². The molecule has 2 aromatic heterocycles. The Hall–Kier alpha value is -6.49. The highest BCUT2D eigenvalue weighted by Crippen LogP contribution is 2.50. The van der Waals surface area contributed by atoms with E-state index in [4.69, 9.17) is 9.47 Å². The third-order valence-corrected chi connectivity index (χ3v) is 11.2. The number of H-pyrrole nitrogens is 1. The number of ether oxygens (including phenoxy) is 2. The number of nitrogens with one attached hydrogen (secondary N) is 3. The summed E-state index contributed by atoms with van der Waals surface area (Å²) in [6.07, 6.45) is 1.58. The van der Waals surface area contributed by atoms with Crippen LogP contribution in [0.1, 0.15) is 74.2 Å². The third-order valence-electron chi connectivity index (χ3n) is 11.2. The molecule has 8 nitrogen and oxygen atoms in total. The van der Waals surface area contributed by atoms with Crippen LogP contribution in [0.4, 0.5) is 35.9 Å². The van der Waals surface area contributed by atoms with E-state index in [-0.39, 0.29) is 5.97 Å². The van der Waals surface area contributed by atoms with Crippen LogP contribution in [0.5, 0.6) is 0 Å². The van der Waals surface area contributed by atoms with Crippen molar-refractivity contribution in [2.24, 2.45) is 5.92 Å². The first kappa shape index (κ1) is 36.2. The maximum atomic E-state index is 13.1. The van der Waals surface area contributed by atoms with Gasteiger partial charge in [-0.3, -0.25) is 0 Å². The Labute approximate surface area is 326 Å². The van der Waals surface area contributed by atoms with E-state index in [0.29, 0.717) is 45.9 Å². The molecule has 11 heteroatoms. The van der Waals surface area contributed by atoms with E-state index in [0.717, 1.165) is 82.3 Å². The highest BCUT2D eigenvalue weighted by molar-refractivity contribution is 5.98. The Kier molecular flexibility index (Phi) is 9.02. The molecule has 0 aliphatic heterocycles. The average molecular weight is 769 g/mol. The number of halogens is 3. The number of aromatic amines is 1. The number of alkyl halides is 3. The molecule has 57 heavy (non-hydrogen) atoms. The number of benzene rings is 5. The van der Waals surface area contributed by atoms with E-state index in [1.165, 1.54) is 31.9 Å². The maximum absolute atomic E-state index is 13.1. The summed E-state index contributed by atoms with van der Waals surface area (Å²) in [6, 6.07) is 32.9. The monoisotopic (exact) mass is 768 g/mol. The Morgan fingerprint density at radius 3 is 2.02 bits per heavy atom. The fraction of sp³-hybridized carbons (Fsp3) is 0.217. The van der Waals surface area contributed by atoms with E-state index in [2.05, 4.69) is 39.9 Å². The first-order valence-electron chi connectivity index (χ1n) is 18.9. The maximum Gasteiger partial charge on any atom is 0.416 e. The number of anilines is 4. The summed E-state index contributed by atoms with van der Waals surface area (Å²) in [5.74, 6) is 0.425. The van der Waals surface area contributed by atoms with Gasteiger partial charge in [-0.2, -0.15) is 13.2 Å². The molecule has 3 N–H and O–H groups in total. The Morgan fingerprint density at radius 1 is 0.737 bits per heavy atom. The second kappa shape index (κ2) is 14.2. The number of aromatic nitrogens is 2. The number of carbonyl (C=O) groups excluding carboxylic acids is 2. The molecule has 2 saturated carbocycles. The van der Waals surface area contributed by atoms with Crippen molar-refractivity contribution in [3.8, 4) is 5.69 Å². The van der Waals surface area contributed by atoms with Crippen molar-refractivity contribution in [1.29, 1.82) is 0 Å². The van der Waals surface area contributed by atoms with Crippen molar-refractivity contribution < 1.29 is 32.2 Å². The Balaban J connectivity index is 0.882. The third kappa shape index (κ3) is 7.33. The van der Waals surface area contributed by atoms with Gasteiger partial charge in [0.05, 0.1) is 47.8 Å². The van der Waals surface area contributed by atoms with Gasteiger partial charge in [-0.05, 0) is 152 Å². The van der Waals surface area contributed by atoms with Crippen LogP contribution in [0.3, 0.4) is 0 Å². The largest absolute Gasteiger partial charge is 0.465 e. The predicted octanol–water partition coefficient (Wildman–Crippen LogP) is 11.4. The van der Waals surface area contributed by atoms with Crippen molar-refractivity contribution in [1.82, 2.24) is 9.55 Å². The number of esters is 2. The van der Waals surface area contributed by atoms with Gasteiger partial charge in [0.25, 0.3) is 0 Å². The molecule has 5 aromatic carbocycles. The summed E-state index contributed by atoms with van der Waals surface area (Å²) in [7, 11) is 2.77. The fourth-order valence-corrected chi connectivity index (χ4v) is 7.91. The SMILES string of the molecule is COC(=O)c1cc(C2CC2)ccc1Nc1ccc2[nH]c(CC3CC3c3ccc(Nc4ccc5c(ccn5-c5ccc(C(F)(F)F)cc5)c4)c(C(=O)OC)c3)cc2c1. The molecule has 2 unspecified atom stereocenters. The Morgan fingerprint density at radius 2 is 1.37 bits per heavy atom. The number of carbonyl (C=O) groups is 2. The molecule has 2 fully saturated rings. The van der Waals surface area contributed by atoms with Crippen LogP contribution in [0.15, 0.2) is 115 Å². The van der Waals surface area contributed by atoms with Crippen molar-refractivity contribution in [3.63, 3.8) is 0 Å². The summed E-state index contributed by atoms with van der Waals surface area (Å²) < 4.78 is 51.4. The lowest BCUT2D eigenvalue weighted by Crippen LogP contribution is -2.07. The lowest BCUT2D eigenvalue weighted by Gasteiger charge is -2.14. The normalized spacial score (nSPS) is 16.4. The van der Waals surface area contributed by atoms with E-state index < -0.39 is 17.7 Å². The lowest BCUT2D eigenvalue weighted by atomic mass is 10.0. The molecular weight excluding hydrogens is 730 g/mol. The zero-order valence-corrected chi connectivity index (χ0v) is 31.2. The van der Waals surface area contributed by atoms with Crippen molar-refractivity contribution in [2.45, 2.75) is 43.7 Å². The zero-order chi connectivity index (χ0) is 39.4. The van der Waals surface area contributed by atoms with Gasteiger partial charge in [-0.1, -0.05) is 12.1 Å². The minimum Gasteiger partial charge on any atom is -0.465 e. The van der Waals surface area contributed by atoms with Crippen LogP contribution >= 0.6 is 0 Å². The van der Waals surface area contributed by atoms with E-state index in [1.54, 1.807) is 0 Å². The van der Waals surface area contributed by atoms with Gasteiger partial charge in [-0.25, -0.2) is 9.59 Å². The van der Waals surface area contributed by atoms with Gasteiger partial charge < -0.3 is 29.7 Å². The smallest absolute Gasteiger partial charge is 0.416 e. The molecule has 288 valence electrons. The van der Waals surface area contributed by atoms with Crippen molar-refractivity contribution >= 4 is 56.5 Å². The minimum absolute atomic E-state index is 0.294. The quantitative estimate of drug-likeness (QED) is 0.113. The molecule has 2 atom stereocenters. The van der Waals surface area contributed by atoms with Gasteiger partial charge in [0.1, 0.15) is 0 Å². The molecule has 0 amide bonds. The molecule has 2 aliphatic rings. The van der Waals surface area contributed by atoms with Gasteiger partial charge in [-0.15, -0.1) is 0 Å². The number of hydrogen-bond donors (Lipinski definition) is 3. The first-order chi connectivity index (χ1) is 27.5. The highest BCUT2D eigenvalue weighted by Gasteiger charge is 2.39. The van der Waals surface area contributed by atoms with Crippen LogP contribution in [0, 0.1) is 5.92 Å². The summed E-state index contributed by atoms with van der Waals surface area (Å²) in [4.78, 5) is 29.2. The number of rotatable bonds is 11. The Bertz CT molecular complexity index is 2680. The lowest BCUT2D eigenvalue weighted by molar-refractivity contribution is -0.137. The van der Waals surface area contributed by atoms with Crippen LogP contribution in [0.25, 0.3) is 27.5 Å². The van der Waals surface area contributed by atoms with Gasteiger partial charge in [0.15, 0.2) is 0 Å². The average Bonchev–Trinajstić information content (AvgIpc) is 4.13. The number of nitrogens with zero attached hydrogens (tertiary/aromatic N) is 1. The predicted molar refractivity (Wildman–Crippen MR) is 215 cm³/mol. The summed E-state index contributed by atoms with van der Waals surface area (Å²) in [5.41, 5.74) is 9.09. The summed E-state index contributed by atoms with van der Waals surface area (Å²) in [5, 5.41) is 8.76. The number of hydrogen-bond acceptors (Lipinski definition) is 6. The molecule has 2 aliphatic carbocycles. The minimum atomic E-state index is -4.40. The highest BCUT2D eigenvalue weighted by atomic mass is 19.4. The topological polar surface area (TPSA) is 97.4 Å². The van der Waals surface area contributed by atoms with E-state index >= 15 is 0 Å². The molecule has 7 aromatic rings. The molecule has 0 spiro atoms. The summed E-state index contributed by atoms with van der Waals surface area (Å²) in [6.45, 7) is 0. The molecule has 2 heterocycles. The molecule has 0 saturated heterocycles. The summed E-state index contributed by atoms with van der Waals surface area (Å²) >= 11 is 0. The van der Waals surface area contributed by atoms with Crippen molar-refractivity contribution in [3.05, 3.63) is 149 Å². The van der Waals surface area contributed by atoms with E-state index in [9.17, 15) is 22.8 Å². The van der Waals surface area contributed by atoms with Crippen molar-refractivity contribution in [2.75, 3.05) is 24.9 Å². The van der Waals surface area contributed by atoms with Gasteiger partial charge in [0, 0.05) is 45.2 Å². The van der Waals surface area contributed by atoms with Crippen LogP contribution in [0.2, 0.25) is 0 Å². The van der Waals surface area contributed by atoms with Gasteiger partial charge in [0.2, 0.25) is 0 Å². The van der Waals surface area contributed by atoms with Crippen LogP contribution in [-0.4, -0.2) is 35.7 Å². The van der Waals surface area contributed by atoms with Crippen LogP contribution < -0.4 is 10.6 Å². The zero-order valence-electron chi connectivity index (χ0n) is 31.2. The number of fused-ring (bicyclic) bond motifs is 2. The molecular formula is C46H39F3N4O4. The van der Waals surface area contributed by atoms with Gasteiger partial charge >= 0.3 is 18.1 Å². The second-order valence-corrected chi connectivity index (χ2v) is 15.0. The standard InChI is InChI=1S/C46H39F3N4O4/c1-56-44(54)38-23-27(26-3-4-26)5-13-41(38)50-33-9-15-40-31(21-33)22-35(52-40)20-30-25-37(30)28-6-14-42(39(24-28)45(55)57-2)51-34-10-16-43-29(19-34)17-18-53(43)36-11-7-32(8-12-36)46(47,48)49/h5-19,21-24,26,30,37,50-52H,3-4,20,25H2,1-2H3. The molecule has 0 radical (unpaired) electrons. The van der Waals surface area contributed by atoms with E-state index in [1.807, 2.05) is 71.4 Å². The molecule has 9 rings (SSSR count). The second-order valence-electron chi connectivity index (χ2n) is 15.0. The number of methoxy groups -OCH3 is 2. The fourth-order valence-electron chi connectivity index (χ4n) is 7.91. The first-order valence-corrected chi connectivity index (χ1v) is 18.9. The molecule has 0 bridgehead atoms.